The van der Waals surface area contributed by atoms with Gasteiger partial charge >= 0.3 is 5.95 Å². The van der Waals surface area contributed by atoms with Crippen molar-refractivity contribution in [2.45, 2.75) is 6.54 Å². The minimum Gasteiger partial charge on any atom is -1.00 e. The van der Waals surface area contributed by atoms with Gasteiger partial charge in [-0.05, 0) is 28.5 Å². The quantitative estimate of drug-likeness (QED) is 0.536. The Morgan fingerprint density at radius 1 is 0.913 bits per heavy atom. The predicted octanol–water partition coefficient (Wildman–Crippen LogP) is 0.762. The van der Waals surface area contributed by atoms with Gasteiger partial charge in [0.25, 0.3) is 0 Å². The van der Waals surface area contributed by atoms with E-state index < -0.39 is 0 Å². The number of anilines is 1. The maximum atomic E-state index is 3.52. The average molecular weight is 324 g/mol. The molecular formula is C19H18ClN3. The fraction of sp³-hybridized carbons (Fsp3) is 0.105. The van der Waals surface area contributed by atoms with Crippen LogP contribution < -0.4 is 22.3 Å². The van der Waals surface area contributed by atoms with Gasteiger partial charge in [-0.25, -0.2) is 9.55 Å². The molecule has 4 aromatic rings. The third-order valence-corrected chi connectivity index (χ3v) is 4.18. The highest BCUT2D eigenvalue weighted by atomic mass is 35.5. The molecule has 1 heterocycles. The lowest BCUT2D eigenvalue weighted by Gasteiger charge is -2.05. The van der Waals surface area contributed by atoms with Gasteiger partial charge in [0, 0.05) is 0 Å². The molecular weight excluding hydrogens is 306 g/mol. The lowest BCUT2D eigenvalue weighted by Crippen LogP contribution is -3.00. The normalized spacial score (nSPS) is 10.7. The SMILES string of the molecule is C[n+]1c(NCc2cccc3ccccc23)[nH]c2ccccc21.[Cl-]. The Bertz CT molecular complexity index is 954. The Balaban J connectivity index is 0.00000156. The van der Waals surface area contributed by atoms with Crippen molar-refractivity contribution in [3.63, 3.8) is 0 Å². The van der Waals surface area contributed by atoms with Crippen molar-refractivity contribution in [2.75, 3.05) is 5.32 Å². The number of imidazole rings is 1. The number of halogens is 1. The predicted molar refractivity (Wildman–Crippen MR) is 90.7 cm³/mol. The first-order valence-electron chi connectivity index (χ1n) is 7.50. The van der Waals surface area contributed by atoms with Gasteiger partial charge in [-0.2, -0.15) is 0 Å². The zero-order valence-electron chi connectivity index (χ0n) is 12.9. The molecule has 116 valence electrons. The van der Waals surface area contributed by atoms with Gasteiger partial charge in [0.2, 0.25) is 0 Å². The van der Waals surface area contributed by atoms with Crippen LogP contribution in [0.15, 0.2) is 66.7 Å². The summed E-state index contributed by atoms with van der Waals surface area (Å²) in [6.45, 7) is 0.794. The molecule has 2 N–H and O–H groups in total. The number of aryl methyl sites for hydroxylation is 1. The molecule has 0 unspecified atom stereocenters. The van der Waals surface area contributed by atoms with E-state index in [2.05, 4.69) is 82.6 Å². The van der Waals surface area contributed by atoms with Gasteiger partial charge in [0.05, 0.1) is 13.6 Å². The number of nitrogens with zero attached hydrogens (tertiary/aromatic N) is 1. The third kappa shape index (κ3) is 2.76. The number of rotatable bonds is 3. The maximum absolute atomic E-state index is 3.52. The lowest BCUT2D eigenvalue weighted by molar-refractivity contribution is -0.630. The highest BCUT2D eigenvalue weighted by Gasteiger charge is 2.13. The lowest BCUT2D eigenvalue weighted by atomic mass is 10.0. The number of aromatic nitrogens is 2. The van der Waals surface area contributed by atoms with Crippen LogP contribution in [0.3, 0.4) is 0 Å². The Hall–Kier alpha value is -2.52. The van der Waals surface area contributed by atoms with Crippen LogP contribution in [0.4, 0.5) is 5.95 Å². The van der Waals surface area contributed by atoms with Crippen molar-refractivity contribution in [3.05, 3.63) is 72.3 Å². The Morgan fingerprint density at radius 3 is 2.52 bits per heavy atom. The molecule has 0 atom stereocenters. The molecule has 0 spiro atoms. The van der Waals surface area contributed by atoms with E-state index in [0.717, 1.165) is 18.0 Å². The molecule has 4 heteroatoms. The summed E-state index contributed by atoms with van der Waals surface area (Å²) in [4.78, 5) is 3.43. The van der Waals surface area contributed by atoms with Crippen LogP contribution in [-0.4, -0.2) is 4.98 Å². The summed E-state index contributed by atoms with van der Waals surface area (Å²) >= 11 is 0. The first-order valence-corrected chi connectivity index (χ1v) is 7.50. The minimum atomic E-state index is 0. The third-order valence-electron chi connectivity index (χ3n) is 4.18. The molecule has 4 rings (SSSR count). The van der Waals surface area contributed by atoms with Crippen molar-refractivity contribution < 1.29 is 17.0 Å². The highest BCUT2D eigenvalue weighted by Crippen LogP contribution is 2.19. The molecule has 0 amide bonds. The fourth-order valence-electron chi connectivity index (χ4n) is 2.99. The number of aromatic amines is 1. The van der Waals surface area contributed by atoms with Crippen LogP contribution in [0.25, 0.3) is 21.8 Å². The molecule has 0 fully saturated rings. The smallest absolute Gasteiger partial charge is 0.356 e. The molecule has 0 bridgehead atoms. The largest absolute Gasteiger partial charge is 1.00 e. The van der Waals surface area contributed by atoms with Gasteiger partial charge in [-0.3, -0.25) is 5.32 Å². The molecule has 23 heavy (non-hydrogen) atoms. The second-order valence-electron chi connectivity index (χ2n) is 5.54. The van der Waals surface area contributed by atoms with E-state index in [1.54, 1.807) is 0 Å². The summed E-state index contributed by atoms with van der Waals surface area (Å²) in [6.07, 6.45) is 0. The summed E-state index contributed by atoms with van der Waals surface area (Å²) in [5.74, 6) is 1.02. The first kappa shape index (κ1) is 15.4. The Labute approximate surface area is 141 Å². The molecule has 0 radical (unpaired) electrons. The Kier molecular flexibility index (Phi) is 4.22. The molecule has 3 nitrogen and oxygen atoms in total. The molecule has 0 aliphatic carbocycles. The van der Waals surface area contributed by atoms with Crippen LogP contribution in [0.5, 0.6) is 0 Å². The van der Waals surface area contributed by atoms with Gasteiger partial charge in [-0.15, -0.1) is 0 Å². The van der Waals surface area contributed by atoms with Gasteiger partial charge in [0.1, 0.15) is 11.0 Å². The van der Waals surface area contributed by atoms with Gasteiger partial charge in [-0.1, -0.05) is 54.6 Å². The molecule has 0 saturated heterocycles. The van der Waals surface area contributed by atoms with Crippen molar-refractivity contribution in [2.24, 2.45) is 7.05 Å². The van der Waals surface area contributed by atoms with Gasteiger partial charge < -0.3 is 12.4 Å². The van der Waals surface area contributed by atoms with Crippen LogP contribution in [-0.2, 0) is 13.6 Å². The number of fused-ring (bicyclic) bond motifs is 2. The number of hydrogen-bond acceptors (Lipinski definition) is 1. The molecule has 0 aliphatic heterocycles. The zero-order valence-corrected chi connectivity index (χ0v) is 13.6. The van der Waals surface area contributed by atoms with Crippen LogP contribution in [0.1, 0.15) is 5.56 Å². The summed E-state index contributed by atoms with van der Waals surface area (Å²) in [6, 6.07) is 23.3. The standard InChI is InChI=1S/C19H17N3.ClH/c1-22-18-12-5-4-11-17(18)21-19(22)20-13-15-9-6-8-14-7-2-3-10-16(14)15;/h2-12H,13H2,1H3,(H,20,21);1H. The van der Waals surface area contributed by atoms with E-state index in [9.17, 15) is 0 Å². The van der Waals surface area contributed by atoms with Crippen molar-refractivity contribution in [3.8, 4) is 0 Å². The van der Waals surface area contributed by atoms with E-state index in [0.29, 0.717) is 0 Å². The molecule has 3 aromatic carbocycles. The molecule has 0 saturated carbocycles. The monoisotopic (exact) mass is 323 g/mol. The first-order chi connectivity index (χ1) is 10.8. The van der Waals surface area contributed by atoms with Gasteiger partial charge in [0.15, 0.2) is 0 Å². The number of H-pyrrole nitrogens is 1. The number of para-hydroxylation sites is 2. The number of benzene rings is 3. The second kappa shape index (κ2) is 6.31. The average Bonchev–Trinajstić information content (AvgIpc) is 2.89. The maximum Gasteiger partial charge on any atom is 0.356 e. The summed E-state index contributed by atoms with van der Waals surface area (Å²) in [5.41, 5.74) is 3.64. The molecule has 0 aliphatic rings. The minimum absolute atomic E-state index is 0. The van der Waals surface area contributed by atoms with E-state index in [1.165, 1.54) is 21.9 Å². The van der Waals surface area contributed by atoms with E-state index >= 15 is 0 Å². The topological polar surface area (TPSA) is 31.7 Å². The fourth-order valence-corrected chi connectivity index (χ4v) is 2.99. The van der Waals surface area contributed by atoms with E-state index in [4.69, 9.17) is 0 Å². The van der Waals surface area contributed by atoms with Crippen molar-refractivity contribution in [1.82, 2.24) is 4.98 Å². The van der Waals surface area contributed by atoms with Crippen molar-refractivity contribution >= 4 is 27.8 Å². The zero-order chi connectivity index (χ0) is 14.9. The molecule has 1 aromatic heterocycles. The van der Waals surface area contributed by atoms with Crippen molar-refractivity contribution in [1.29, 1.82) is 0 Å². The summed E-state index contributed by atoms with van der Waals surface area (Å²) in [7, 11) is 2.07. The van der Waals surface area contributed by atoms with E-state index in [-0.39, 0.29) is 12.4 Å². The highest BCUT2D eigenvalue weighted by molar-refractivity contribution is 5.85. The Morgan fingerprint density at radius 2 is 1.65 bits per heavy atom. The second-order valence-corrected chi connectivity index (χ2v) is 5.54. The number of hydrogen-bond donors (Lipinski definition) is 2. The number of nitrogens with one attached hydrogen (secondary N) is 2. The summed E-state index contributed by atoms with van der Waals surface area (Å²) in [5, 5.41) is 6.10. The summed E-state index contributed by atoms with van der Waals surface area (Å²) < 4.78 is 2.15. The van der Waals surface area contributed by atoms with E-state index in [1.807, 2.05) is 6.07 Å². The van der Waals surface area contributed by atoms with Crippen LogP contribution in [0, 0.1) is 0 Å². The van der Waals surface area contributed by atoms with Crippen LogP contribution >= 0.6 is 0 Å². The van der Waals surface area contributed by atoms with Crippen LogP contribution in [0.2, 0.25) is 0 Å².